The summed E-state index contributed by atoms with van der Waals surface area (Å²) in [5.74, 6) is -0.192. The van der Waals surface area contributed by atoms with Crippen LogP contribution in [0.15, 0.2) is 53.7 Å². The summed E-state index contributed by atoms with van der Waals surface area (Å²) in [6.45, 7) is 0. The van der Waals surface area contributed by atoms with Crippen LogP contribution < -0.4 is 5.32 Å². The molecule has 22 heavy (non-hydrogen) atoms. The third-order valence-electron chi connectivity index (χ3n) is 2.83. The number of nitrogens with one attached hydrogen (secondary N) is 1. The van der Waals surface area contributed by atoms with E-state index in [1.807, 2.05) is 0 Å². The largest absolute Gasteiger partial charge is 0.321 e. The zero-order chi connectivity index (χ0) is 15.5. The molecule has 0 unspecified atom stereocenters. The van der Waals surface area contributed by atoms with Crippen LogP contribution in [0, 0.1) is 5.82 Å². The summed E-state index contributed by atoms with van der Waals surface area (Å²) in [6.07, 6.45) is 4.44. The molecule has 2 aromatic heterocycles. The fourth-order valence-electron chi connectivity index (χ4n) is 1.79. The molecule has 0 saturated carbocycles. The Morgan fingerprint density at radius 2 is 2.14 bits per heavy atom. The van der Waals surface area contributed by atoms with Crippen LogP contribution in [0.2, 0.25) is 0 Å². The van der Waals surface area contributed by atoms with Gasteiger partial charge in [-0.1, -0.05) is 0 Å². The number of hydrogen-bond acceptors (Lipinski definition) is 4. The van der Waals surface area contributed by atoms with Crippen molar-refractivity contribution in [2.75, 3.05) is 5.32 Å². The molecule has 3 rings (SSSR count). The standard InChI is InChI=1S/C14H9BrFN5O/c15-12-5-9(16)1-3-11(12)14(22)20-10-2-4-13(18-6-10)21-8-17-7-19-21/h1-8H,(H,20,22). The van der Waals surface area contributed by atoms with Gasteiger partial charge in [-0.3, -0.25) is 4.79 Å². The molecule has 1 amide bonds. The van der Waals surface area contributed by atoms with Gasteiger partial charge in [0.15, 0.2) is 5.82 Å². The topological polar surface area (TPSA) is 72.7 Å². The molecule has 3 aromatic rings. The Morgan fingerprint density at radius 3 is 2.77 bits per heavy atom. The zero-order valence-corrected chi connectivity index (χ0v) is 12.7. The van der Waals surface area contributed by atoms with Crippen molar-refractivity contribution in [3.05, 3.63) is 65.0 Å². The number of carbonyl (C=O) groups excluding carboxylic acids is 1. The third kappa shape index (κ3) is 3.01. The number of benzene rings is 1. The minimum absolute atomic E-state index is 0.335. The first-order valence-corrected chi connectivity index (χ1v) is 7.00. The van der Waals surface area contributed by atoms with Crippen molar-refractivity contribution in [1.82, 2.24) is 19.7 Å². The molecule has 1 aromatic carbocycles. The highest BCUT2D eigenvalue weighted by molar-refractivity contribution is 9.10. The van der Waals surface area contributed by atoms with Crippen LogP contribution in [0.4, 0.5) is 10.1 Å². The summed E-state index contributed by atoms with van der Waals surface area (Å²) >= 11 is 3.16. The maximum absolute atomic E-state index is 13.0. The lowest BCUT2D eigenvalue weighted by Crippen LogP contribution is -2.13. The second kappa shape index (κ2) is 6.02. The van der Waals surface area contributed by atoms with E-state index in [0.29, 0.717) is 21.5 Å². The molecule has 8 heteroatoms. The van der Waals surface area contributed by atoms with Crippen LogP contribution in [-0.4, -0.2) is 25.7 Å². The van der Waals surface area contributed by atoms with Gasteiger partial charge in [0.1, 0.15) is 18.5 Å². The van der Waals surface area contributed by atoms with E-state index in [0.717, 1.165) is 0 Å². The Balaban J connectivity index is 1.77. The van der Waals surface area contributed by atoms with Crippen molar-refractivity contribution in [2.45, 2.75) is 0 Å². The fraction of sp³-hybridized carbons (Fsp3) is 0. The van der Waals surface area contributed by atoms with Gasteiger partial charge in [0.25, 0.3) is 5.91 Å². The molecule has 0 bridgehead atoms. The Bertz CT molecular complexity index is 805. The van der Waals surface area contributed by atoms with E-state index in [9.17, 15) is 9.18 Å². The van der Waals surface area contributed by atoms with Gasteiger partial charge in [-0.15, -0.1) is 0 Å². The highest BCUT2D eigenvalue weighted by Gasteiger charge is 2.11. The van der Waals surface area contributed by atoms with Crippen molar-refractivity contribution >= 4 is 27.5 Å². The van der Waals surface area contributed by atoms with E-state index in [1.165, 1.54) is 41.7 Å². The van der Waals surface area contributed by atoms with Crippen LogP contribution in [0.5, 0.6) is 0 Å². The predicted molar refractivity (Wildman–Crippen MR) is 81.2 cm³/mol. The summed E-state index contributed by atoms with van der Waals surface area (Å²) < 4.78 is 14.9. The van der Waals surface area contributed by atoms with Gasteiger partial charge in [-0.25, -0.2) is 19.0 Å². The molecule has 0 saturated heterocycles. The number of rotatable bonds is 3. The first kappa shape index (κ1) is 14.3. The predicted octanol–water partition coefficient (Wildman–Crippen LogP) is 2.82. The van der Waals surface area contributed by atoms with Crippen LogP contribution in [0.3, 0.4) is 0 Å². The van der Waals surface area contributed by atoms with Crippen molar-refractivity contribution in [1.29, 1.82) is 0 Å². The first-order chi connectivity index (χ1) is 10.6. The summed E-state index contributed by atoms with van der Waals surface area (Å²) in [4.78, 5) is 20.2. The fourth-order valence-corrected chi connectivity index (χ4v) is 2.33. The summed E-state index contributed by atoms with van der Waals surface area (Å²) in [6, 6.07) is 7.27. The molecule has 0 aliphatic carbocycles. The monoisotopic (exact) mass is 361 g/mol. The minimum Gasteiger partial charge on any atom is -0.321 e. The van der Waals surface area contributed by atoms with E-state index in [2.05, 4.69) is 36.3 Å². The molecule has 110 valence electrons. The van der Waals surface area contributed by atoms with Gasteiger partial charge in [0.2, 0.25) is 0 Å². The Hall–Kier alpha value is -2.61. The van der Waals surface area contributed by atoms with Gasteiger partial charge in [0.05, 0.1) is 17.4 Å². The lowest BCUT2D eigenvalue weighted by Gasteiger charge is -2.07. The van der Waals surface area contributed by atoms with E-state index in [4.69, 9.17) is 0 Å². The molecular weight excluding hydrogens is 353 g/mol. The van der Waals surface area contributed by atoms with Gasteiger partial charge >= 0.3 is 0 Å². The molecule has 1 N–H and O–H groups in total. The van der Waals surface area contributed by atoms with E-state index in [1.54, 1.807) is 12.1 Å². The number of halogens is 2. The molecule has 0 radical (unpaired) electrons. The van der Waals surface area contributed by atoms with E-state index < -0.39 is 5.82 Å². The van der Waals surface area contributed by atoms with Gasteiger partial charge < -0.3 is 5.32 Å². The highest BCUT2D eigenvalue weighted by Crippen LogP contribution is 2.19. The van der Waals surface area contributed by atoms with Crippen LogP contribution in [-0.2, 0) is 0 Å². The highest BCUT2D eigenvalue weighted by atomic mass is 79.9. The average Bonchev–Trinajstić information content (AvgIpc) is 3.02. The molecule has 0 spiro atoms. The van der Waals surface area contributed by atoms with Crippen LogP contribution >= 0.6 is 15.9 Å². The number of nitrogens with zero attached hydrogens (tertiary/aromatic N) is 4. The molecule has 0 fully saturated rings. The quantitative estimate of drug-likeness (QED) is 0.778. The van der Waals surface area contributed by atoms with Gasteiger partial charge in [-0.2, -0.15) is 5.10 Å². The molecule has 0 aliphatic heterocycles. The SMILES string of the molecule is O=C(Nc1ccc(-n2cncn2)nc1)c1ccc(F)cc1Br. The van der Waals surface area contributed by atoms with Crippen molar-refractivity contribution < 1.29 is 9.18 Å². The third-order valence-corrected chi connectivity index (χ3v) is 3.49. The van der Waals surface area contributed by atoms with Crippen molar-refractivity contribution in [2.24, 2.45) is 0 Å². The summed E-state index contributed by atoms with van der Waals surface area (Å²) in [5.41, 5.74) is 0.854. The number of hydrogen-bond donors (Lipinski definition) is 1. The Labute approximate surface area is 133 Å². The molecule has 6 nitrogen and oxygen atoms in total. The number of aromatic nitrogens is 4. The van der Waals surface area contributed by atoms with Crippen molar-refractivity contribution in [3.63, 3.8) is 0 Å². The molecular formula is C14H9BrFN5O. The van der Waals surface area contributed by atoms with Crippen LogP contribution in [0.25, 0.3) is 5.82 Å². The smallest absolute Gasteiger partial charge is 0.256 e. The maximum atomic E-state index is 13.0. The number of anilines is 1. The summed E-state index contributed by atoms with van der Waals surface area (Å²) in [7, 11) is 0. The van der Waals surface area contributed by atoms with Gasteiger partial charge in [-0.05, 0) is 46.3 Å². The second-order valence-electron chi connectivity index (χ2n) is 4.32. The van der Waals surface area contributed by atoms with E-state index >= 15 is 0 Å². The number of amides is 1. The lowest BCUT2D eigenvalue weighted by molar-refractivity contribution is 0.102. The van der Waals surface area contributed by atoms with Gasteiger partial charge in [0, 0.05) is 4.47 Å². The maximum Gasteiger partial charge on any atom is 0.256 e. The average molecular weight is 362 g/mol. The normalized spacial score (nSPS) is 10.5. The second-order valence-corrected chi connectivity index (χ2v) is 5.18. The lowest BCUT2D eigenvalue weighted by atomic mass is 10.2. The summed E-state index contributed by atoms with van der Waals surface area (Å²) in [5, 5.41) is 6.65. The number of carbonyl (C=O) groups is 1. The molecule has 0 aliphatic rings. The number of pyridine rings is 1. The zero-order valence-electron chi connectivity index (χ0n) is 11.1. The Morgan fingerprint density at radius 1 is 1.27 bits per heavy atom. The molecule has 2 heterocycles. The van der Waals surface area contributed by atoms with E-state index in [-0.39, 0.29) is 5.91 Å². The van der Waals surface area contributed by atoms with Crippen molar-refractivity contribution in [3.8, 4) is 5.82 Å². The van der Waals surface area contributed by atoms with Crippen LogP contribution in [0.1, 0.15) is 10.4 Å². The Kier molecular flexibility index (Phi) is 3.92. The first-order valence-electron chi connectivity index (χ1n) is 6.21. The minimum atomic E-state index is -0.415. The molecule has 0 atom stereocenters.